The van der Waals surface area contributed by atoms with Gasteiger partial charge >= 0.3 is 10.2 Å². The second-order valence-electron chi connectivity index (χ2n) is 4.61. The fraction of sp³-hybridized carbons (Fsp3) is 0.636. The molecular weight excluding hydrogens is 288 g/mol. The van der Waals surface area contributed by atoms with Crippen molar-refractivity contribution < 1.29 is 8.42 Å². The van der Waals surface area contributed by atoms with Crippen LogP contribution in [0.1, 0.15) is 32.1 Å². The predicted molar refractivity (Wildman–Crippen MR) is 74.2 cm³/mol. The molecule has 8 heteroatoms. The Labute approximate surface area is 118 Å². The number of rotatable bonds is 4. The molecule has 1 saturated carbocycles. The van der Waals surface area contributed by atoms with E-state index in [2.05, 4.69) is 14.7 Å². The first-order valence-corrected chi connectivity index (χ1v) is 8.05. The Morgan fingerprint density at radius 1 is 1.26 bits per heavy atom. The lowest BCUT2D eigenvalue weighted by Gasteiger charge is -2.30. The molecule has 0 atom stereocenters. The van der Waals surface area contributed by atoms with Crippen molar-refractivity contribution in [2.24, 2.45) is 0 Å². The van der Waals surface area contributed by atoms with Crippen molar-refractivity contribution in [3.8, 4) is 0 Å². The molecular formula is C11H17ClN4O2S. The minimum Gasteiger partial charge on any atom is -0.252 e. The van der Waals surface area contributed by atoms with Crippen molar-refractivity contribution in [1.29, 1.82) is 0 Å². The summed E-state index contributed by atoms with van der Waals surface area (Å²) in [5.74, 6) is 0.0619. The Hall–Kier alpha value is -0.920. The molecule has 0 saturated heterocycles. The normalized spacial score (nSPS) is 17.6. The highest BCUT2D eigenvalue weighted by Crippen LogP contribution is 2.24. The van der Waals surface area contributed by atoms with Gasteiger partial charge in [-0.2, -0.15) is 12.7 Å². The highest BCUT2D eigenvalue weighted by atomic mass is 35.5. The number of anilines is 1. The van der Waals surface area contributed by atoms with Gasteiger partial charge < -0.3 is 0 Å². The summed E-state index contributed by atoms with van der Waals surface area (Å²) in [6.07, 6.45) is 7.90. The van der Waals surface area contributed by atoms with E-state index in [1.54, 1.807) is 7.05 Å². The Balaban J connectivity index is 2.11. The zero-order valence-corrected chi connectivity index (χ0v) is 12.3. The van der Waals surface area contributed by atoms with E-state index >= 15 is 0 Å². The maximum atomic E-state index is 12.2. The number of hydrogen-bond donors (Lipinski definition) is 1. The summed E-state index contributed by atoms with van der Waals surface area (Å²) in [5, 5.41) is 0.0446. The first-order chi connectivity index (χ1) is 9.00. The zero-order chi connectivity index (χ0) is 13.9. The third-order valence-electron chi connectivity index (χ3n) is 3.35. The molecule has 0 bridgehead atoms. The van der Waals surface area contributed by atoms with Crippen LogP contribution in [0.2, 0.25) is 5.15 Å². The highest BCUT2D eigenvalue weighted by molar-refractivity contribution is 7.90. The van der Waals surface area contributed by atoms with Gasteiger partial charge in [0, 0.05) is 25.5 Å². The second kappa shape index (κ2) is 6.02. The second-order valence-corrected chi connectivity index (χ2v) is 6.70. The van der Waals surface area contributed by atoms with Gasteiger partial charge in [-0.05, 0) is 12.8 Å². The minimum atomic E-state index is -3.64. The molecule has 106 valence electrons. The predicted octanol–water partition coefficient (Wildman–Crippen LogP) is 2.05. The van der Waals surface area contributed by atoms with Crippen LogP contribution in [-0.4, -0.2) is 35.8 Å². The van der Waals surface area contributed by atoms with E-state index in [-0.39, 0.29) is 17.0 Å². The Morgan fingerprint density at radius 3 is 2.53 bits per heavy atom. The Kier molecular flexibility index (Phi) is 4.59. The molecule has 0 radical (unpaired) electrons. The maximum Gasteiger partial charge on any atom is 0.302 e. The number of halogens is 1. The lowest BCUT2D eigenvalue weighted by Crippen LogP contribution is -2.41. The fourth-order valence-corrected chi connectivity index (χ4v) is 3.57. The third-order valence-corrected chi connectivity index (χ3v) is 5.13. The summed E-state index contributed by atoms with van der Waals surface area (Å²) in [7, 11) is -2.05. The van der Waals surface area contributed by atoms with Crippen molar-refractivity contribution in [2.75, 3.05) is 11.8 Å². The van der Waals surface area contributed by atoms with Gasteiger partial charge in [0.05, 0.1) is 0 Å². The van der Waals surface area contributed by atoms with Crippen molar-refractivity contribution in [3.05, 3.63) is 17.5 Å². The fourth-order valence-electron chi connectivity index (χ4n) is 2.22. The van der Waals surface area contributed by atoms with Crippen molar-refractivity contribution >= 4 is 27.6 Å². The Bertz CT molecular complexity index is 531. The number of nitrogens with one attached hydrogen (secondary N) is 1. The molecule has 1 aromatic heterocycles. The molecule has 0 aliphatic heterocycles. The lowest BCUT2D eigenvalue weighted by molar-refractivity contribution is 0.287. The highest BCUT2D eigenvalue weighted by Gasteiger charge is 2.28. The molecule has 19 heavy (non-hydrogen) atoms. The quantitative estimate of drug-likeness (QED) is 0.924. The minimum absolute atomic E-state index is 0.0432. The number of hydrogen-bond acceptors (Lipinski definition) is 4. The topological polar surface area (TPSA) is 75.2 Å². The van der Waals surface area contributed by atoms with Crippen LogP contribution in [0.25, 0.3) is 0 Å². The summed E-state index contributed by atoms with van der Waals surface area (Å²) in [5.41, 5.74) is 0. The van der Waals surface area contributed by atoms with Gasteiger partial charge in [-0.25, -0.2) is 9.97 Å². The van der Waals surface area contributed by atoms with Crippen LogP contribution in [0.5, 0.6) is 0 Å². The van der Waals surface area contributed by atoms with Crippen LogP contribution in [0, 0.1) is 0 Å². The van der Waals surface area contributed by atoms with Gasteiger partial charge in [-0.15, -0.1) is 0 Å². The van der Waals surface area contributed by atoms with E-state index in [4.69, 9.17) is 11.6 Å². The standard InChI is InChI=1S/C11H17ClN4O2S/c1-16(9-5-3-2-4-6-9)19(17,18)15-11-10(12)13-7-8-14-11/h7-9H,2-6H2,1H3,(H,14,15). The lowest BCUT2D eigenvalue weighted by atomic mass is 9.96. The molecule has 1 heterocycles. The molecule has 0 unspecified atom stereocenters. The summed E-state index contributed by atoms with van der Waals surface area (Å²) < 4.78 is 28.2. The molecule has 1 fully saturated rings. The van der Waals surface area contributed by atoms with E-state index in [9.17, 15) is 8.42 Å². The van der Waals surface area contributed by atoms with Gasteiger partial charge in [-0.1, -0.05) is 30.9 Å². The van der Waals surface area contributed by atoms with Crippen molar-refractivity contribution in [3.63, 3.8) is 0 Å². The van der Waals surface area contributed by atoms with Crippen LogP contribution in [0.15, 0.2) is 12.4 Å². The van der Waals surface area contributed by atoms with Crippen LogP contribution in [0.3, 0.4) is 0 Å². The monoisotopic (exact) mass is 304 g/mol. The Morgan fingerprint density at radius 2 is 1.89 bits per heavy atom. The van der Waals surface area contributed by atoms with Gasteiger partial charge in [-0.3, -0.25) is 4.72 Å². The van der Waals surface area contributed by atoms with Crippen LogP contribution < -0.4 is 4.72 Å². The van der Waals surface area contributed by atoms with E-state index in [1.807, 2.05) is 0 Å². The van der Waals surface area contributed by atoms with Crippen LogP contribution in [0.4, 0.5) is 5.82 Å². The zero-order valence-electron chi connectivity index (χ0n) is 10.7. The third kappa shape index (κ3) is 3.55. The largest absolute Gasteiger partial charge is 0.302 e. The van der Waals surface area contributed by atoms with Gasteiger partial charge in [0.1, 0.15) is 0 Å². The summed E-state index contributed by atoms with van der Waals surface area (Å²) in [4.78, 5) is 7.67. The SMILES string of the molecule is CN(C1CCCCC1)S(=O)(=O)Nc1nccnc1Cl. The molecule has 1 aliphatic carbocycles. The molecule has 0 spiro atoms. The molecule has 1 aliphatic rings. The van der Waals surface area contributed by atoms with Crippen molar-refractivity contribution in [1.82, 2.24) is 14.3 Å². The van der Waals surface area contributed by atoms with Crippen LogP contribution in [-0.2, 0) is 10.2 Å². The molecule has 6 nitrogen and oxygen atoms in total. The summed E-state index contributed by atoms with van der Waals surface area (Å²) in [6, 6.07) is 0.0432. The first-order valence-electron chi connectivity index (χ1n) is 6.23. The first kappa shape index (κ1) is 14.5. The summed E-state index contributed by atoms with van der Waals surface area (Å²) >= 11 is 5.80. The maximum absolute atomic E-state index is 12.2. The average molecular weight is 305 g/mol. The molecule has 1 aromatic rings. The van der Waals surface area contributed by atoms with E-state index in [1.165, 1.54) is 23.1 Å². The molecule has 2 rings (SSSR count). The van der Waals surface area contributed by atoms with E-state index in [0.717, 1.165) is 25.7 Å². The van der Waals surface area contributed by atoms with Gasteiger partial charge in [0.15, 0.2) is 11.0 Å². The number of nitrogens with zero attached hydrogens (tertiary/aromatic N) is 3. The van der Waals surface area contributed by atoms with Crippen LogP contribution >= 0.6 is 11.6 Å². The van der Waals surface area contributed by atoms with E-state index < -0.39 is 10.2 Å². The van der Waals surface area contributed by atoms with Gasteiger partial charge in [0.25, 0.3) is 0 Å². The number of aromatic nitrogens is 2. The van der Waals surface area contributed by atoms with Gasteiger partial charge in [0.2, 0.25) is 0 Å². The smallest absolute Gasteiger partial charge is 0.252 e. The van der Waals surface area contributed by atoms with E-state index in [0.29, 0.717) is 0 Å². The van der Waals surface area contributed by atoms with Crippen molar-refractivity contribution in [2.45, 2.75) is 38.1 Å². The molecule has 0 amide bonds. The molecule has 1 N–H and O–H groups in total. The summed E-state index contributed by atoms with van der Waals surface area (Å²) in [6.45, 7) is 0. The molecule has 0 aromatic carbocycles. The average Bonchev–Trinajstić information content (AvgIpc) is 2.41.